The number of alkyl carbamates (subject to hydrolysis) is 1. The molecular formula is C20H25NO5. The van der Waals surface area contributed by atoms with Crippen LogP contribution in [-0.2, 0) is 22.7 Å². The number of aliphatic hydroxyl groups is 2. The number of carbonyl (C=O) groups excluding carboxylic acids is 1. The van der Waals surface area contributed by atoms with E-state index in [9.17, 15) is 15.0 Å². The van der Waals surface area contributed by atoms with Crippen LogP contribution in [0.5, 0.6) is 0 Å². The fraction of sp³-hybridized carbons (Fsp3) is 0.350. The minimum Gasteiger partial charge on any atom is -0.445 e. The molecule has 0 fully saturated rings. The quantitative estimate of drug-likeness (QED) is 0.640. The smallest absolute Gasteiger partial charge is 0.407 e. The van der Waals surface area contributed by atoms with E-state index in [0.717, 1.165) is 11.1 Å². The summed E-state index contributed by atoms with van der Waals surface area (Å²) in [6, 6.07) is 16.6. The molecule has 2 aromatic rings. The number of ether oxygens (including phenoxy) is 2. The van der Waals surface area contributed by atoms with Crippen LogP contribution in [0.2, 0.25) is 0 Å². The monoisotopic (exact) mass is 359 g/mol. The Morgan fingerprint density at radius 3 is 2.31 bits per heavy atom. The van der Waals surface area contributed by atoms with Crippen LogP contribution >= 0.6 is 0 Å². The summed E-state index contributed by atoms with van der Waals surface area (Å²) in [5.41, 5.74) is 2.50. The standard InChI is InChI=1S/C20H25NO5/c1-25-13-16-7-9-17(10-8-16)19(23)18(22)11-12-21-20(24)26-14-15-5-3-2-4-6-15/h2-10,18-19,22-23H,11-14H2,1H3,(H,21,24). The van der Waals surface area contributed by atoms with Gasteiger partial charge in [-0.05, 0) is 23.1 Å². The Labute approximate surface area is 153 Å². The molecule has 2 atom stereocenters. The minimum absolute atomic E-state index is 0.186. The van der Waals surface area contributed by atoms with Gasteiger partial charge in [-0.3, -0.25) is 0 Å². The van der Waals surface area contributed by atoms with E-state index < -0.39 is 18.3 Å². The van der Waals surface area contributed by atoms with Gasteiger partial charge in [-0.15, -0.1) is 0 Å². The first-order chi connectivity index (χ1) is 12.6. The topological polar surface area (TPSA) is 88.0 Å². The Balaban J connectivity index is 1.70. The van der Waals surface area contributed by atoms with Crippen LogP contribution in [0.25, 0.3) is 0 Å². The second-order valence-electron chi connectivity index (χ2n) is 5.96. The molecule has 2 rings (SSSR count). The summed E-state index contributed by atoms with van der Waals surface area (Å²) in [6.07, 6.45) is -2.35. The zero-order valence-electron chi connectivity index (χ0n) is 14.8. The lowest BCUT2D eigenvalue weighted by molar-refractivity contribution is 0.0136. The Morgan fingerprint density at radius 2 is 1.65 bits per heavy atom. The van der Waals surface area contributed by atoms with Crippen LogP contribution in [0, 0.1) is 0 Å². The van der Waals surface area contributed by atoms with E-state index in [4.69, 9.17) is 9.47 Å². The molecular weight excluding hydrogens is 334 g/mol. The van der Waals surface area contributed by atoms with Gasteiger partial charge in [0.1, 0.15) is 12.7 Å². The second kappa shape index (κ2) is 10.6. The Bertz CT molecular complexity index is 660. The van der Waals surface area contributed by atoms with Gasteiger partial charge in [-0.1, -0.05) is 54.6 Å². The maximum Gasteiger partial charge on any atom is 0.407 e. The average molecular weight is 359 g/mol. The van der Waals surface area contributed by atoms with Crippen LogP contribution in [0.1, 0.15) is 29.2 Å². The number of methoxy groups -OCH3 is 1. The van der Waals surface area contributed by atoms with Crippen molar-refractivity contribution in [2.45, 2.75) is 31.8 Å². The summed E-state index contributed by atoms with van der Waals surface area (Å²) in [6.45, 7) is 0.882. The third-order valence-electron chi connectivity index (χ3n) is 3.92. The summed E-state index contributed by atoms with van der Waals surface area (Å²) in [4.78, 5) is 11.6. The predicted octanol–water partition coefficient (Wildman–Crippen LogP) is 2.54. The fourth-order valence-corrected chi connectivity index (χ4v) is 2.45. The van der Waals surface area contributed by atoms with Gasteiger partial charge in [0.2, 0.25) is 0 Å². The third kappa shape index (κ3) is 6.48. The fourth-order valence-electron chi connectivity index (χ4n) is 2.45. The van der Waals surface area contributed by atoms with Gasteiger partial charge in [0.15, 0.2) is 0 Å². The van der Waals surface area contributed by atoms with Gasteiger partial charge >= 0.3 is 6.09 Å². The van der Waals surface area contributed by atoms with E-state index in [2.05, 4.69) is 5.32 Å². The van der Waals surface area contributed by atoms with Crippen molar-refractivity contribution in [2.75, 3.05) is 13.7 Å². The van der Waals surface area contributed by atoms with Gasteiger partial charge in [0.05, 0.1) is 12.7 Å². The van der Waals surface area contributed by atoms with Crippen molar-refractivity contribution in [3.8, 4) is 0 Å². The molecule has 0 heterocycles. The summed E-state index contributed by atoms with van der Waals surface area (Å²) >= 11 is 0. The number of nitrogens with one attached hydrogen (secondary N) is 1. The number of rotatable bonds is 9. The molecule has 0 saturated heterocycles. The number of aliphatic hydroxyl groups excluding tert-OH is 2. The average Bonchev–Trinajstić information content (AvgIpc) is 2.67. The summed E-state index contributed by atoms with van der Waals surface area (Å²) in [7, 11) is 1.62. The molecule has 0 aliphatic heterocycles. The first-order valence-corrected chi connectivity index (χ1v) is 8.48. The lowest BCUT2D eigenvalue weighted by Crippen LogP contribution is -2.29. The van der Waals surface area contributed by atoms with E-state index >= 15 is 0 Å². The van der Waals surface area contributed by atoms with Crippen molar-refractivity contribution in [2.24, 2.45) is 0 Å². The van der Waals surface area contributed by atoms with Crippen LogP contribution < -0.4 is 5.32 Å². The van der Waals surface area contributed by atoms with Crippen molar-refractivity contribution in [3.05, 3.63) is 71.3 Å². The first kappa shape index (κ1) is 19.9. The lowest BCUT2D eigenvalue weighted by atomic mass is 10.0. The molecule has 3 N–H and O–H groups in total. The molecule has 0 aliphatic carbocycles. The SMILES string of the molecule is COCc1ccc(C(O)C(O)CCNC(=O)OCc2ccccc2)cc1. The van der Waals surface area contributed by atoms with Gasteiger partial charge < -0.3 is 25.0 Å². The zero-order chi connectivity index (χ0) is 18.8. The lowest BCUT2D eigenvalue weighted by Gasteiger charge is -2.18. The minimum atomic E-state index is -1.02. The molecule has 140 valence electrons. The van der Waals surface area contributed by atoms with Crippen LogP contribution in [0.3, 0.4) is 0 Å². The summed E-state index contributed by atoms with van der Waals surface area (Å²) in [5, 5.41) is 22.9. The molecule has 26 heavy (non-hydrogen) atoms. The maximum absolute atomic E-state index is 11.6. The van der Waals surface area contributed by atoms with Gasteiger partial charge in [0, 0.05) is 13.7 Å². The van der Waals surface area contributed by atoms with Gasteiger partial charge in [-0.2, -0.15) is 0 Å². The molecule has 0 radical (unpaired) electrons. The molecule has 0 saturated carbocycles. The molecule has 0 aliphatic rings. The van der Waals surface area contributed by atoms with Crippen molar-refractivity contribution in [3.63, 3.8) is 0 Å². The van der Waals surface area contributed by atoms with Gasteiger partial charge in [0.25, 0.3) is 0 Å². The summed E-state index contributed by atoms with van der Waals surface area (Å²) in [5.74, 6) is 0. The third-order valence-corrected chi connectivity index (χ3v) is 3.92. The van der Waals surface area contributed by atoms with Crippen molar-refractivity contribution >= 4 is 6.09 Å². The molecule has 0 bridgehead atoms. The van der Waals surface area contributed by atoms with E-state index in [1.165, 1.54) is 0 Å². The van der Waals surface area contributed by atoms with Crippen molar-refractivity contribution in [1.29, 1.82) is 0 Å². The molecule has 2 aromatic carbocycles. The Hall–Kier alpha value is -2.41. The van der Waals surface area contributed by atoms with E-state index in [1.807, 2.05) is 42.5 Å². The Kier molecular flexibility index (Phi) is 8.08. The molecule has 0 spiro atoms. The number of amides is 1. The molecule has 2 unspecified atom stereocenters. The number of hydrogen-bond acceptors (Lipinski definition) is 5. The summed E-state index contributed by atoms with van der Waals surface area (Å²) < 4.78 is 10.1. The van der Waals surface area contributed by atoms with Crippen molar-refractivity contribution < 1.29 is 24.5 Å². The molecule has 1 amide bonds. The number of benzene rings is 2. The zero-order valence-corrected chi connectivity index (χ0v) is 14.8. The molecule has 6 nitrogen and oxygen atoms in total. The van der Waals surface area contributed by atoms with Gasteiger partial charge in [-0.25, -0.2) is 4.79 Å². The van der Waals surface area contributed by atoms with Crippen LogP contribution in [-0.4, -0.2) is 36.1 Å². The van der Waals surface area contributed by atoms with E-state index in [-0.39, 0.29) is 19.6 Å². The normalized spacial score (nSPS) is 13.0. The highest BCUT2D eigenvalue weighted by Crippen LogP contribution is 2.19. The molecule has 6 heteroatoms. The first-order valence-electron chi connectivity index (χ1n) is 8.48. The largest absolute Gasteiger partial charge is 0.445 e. The number of hydrogen-bond donors (Lipinski definition) is 3. The highest BCUT2D eigenvalue weighted by molar-refractivity contribution is 5.67. The van der Waals surface area contributed by atoms with Crippen LogP contribution in [0.4, 0.5) is 4.79 Å². The predicted molar refractivity (Wildman–Crippen MR) is 97.4 cm³/mol. The highest BCUT2D eigenvalue weighted by atomic mass is 16.5. The van der Waals surface area contributed by atoms with Crippen LogP contribution in [0.15, 0.2) is 54.6 Å². The second-order valence-corrected chi connectivity index (χ2v) is 5.96. The van der Waals surface area contributed by atoms with E-state index in [1.54, 1.807) is 19.2 Å². The molecule has 0 aromatic heterocycles. The highest BCUT2D eigenvalue weighted by Gasteiger charge is 2.18. The maximum atomic E-state index is 11.6. The van der Waals surface area contributed by atoms with Crippen molar-refractivity contribution in [1.82, 2.24) is 5.32 Å². The van der Waals surface area contributed by atoms with E-state index in [0.29, 0.717) is 12.2 Å². The Morgan fingerprint density at radius 1 is 1.00 bits per heavy atom. The number of carbonyl (C=O) groups is 1.